The molecule has 8 heavy (non-hydrogen) atoms. The van der Waals surface area contributed by atoms with Gasteiger partial charge >= 0.3 is 8.80 Å². The summed E-state index contributed by atoms with van der Waals surface area (Å²) in [6.07, 6.45) is 0. The highest BCUT2D eigenvalue weighted by Gasteiger charge is 2.12. The molecule has 0 saturated carbocycles. The first-order valence-corrected chi connectivity index (χ1v) is 5.31. The van der Waals surface area contributed by atoms with E-state index in [4.69, 9.17) is 13.3 Å². The third-order valence-electron chi connectivity index (χ3n) is 0.556. The summed E-state index contributed by atoms with van der Waals surface area (Å²) < 4.78 is 14.6. The molecule has 0 unspecified atom stereocenters. The van der Waals surface area contributed by atoms with Crippen LogP contribution in [-0.2, 0) is 13.3 Å². The molecule has 0 aliphatic carbocycles. The highest BCUT2D eigenvalue weighted by Crippen LogP contribution is 1.79. The van der Waals surface area contributed by atoms with Gasteiger partial charge in [-0.3, -0.25) is 0 Å². The van der Waals surface area contributed by atoms with Crippen LogP contribution in [0, 0.1) is 0 Å². The Bertz CT molecular complexity index is 47.8. The lowest BCUT2D eigenvalue weighted by Gasteiger charge is -2.04. The Labute approximate surface area is 53.5 Å². The van der Waals surface area contributed by atoms with Gasteiger partial charge in [0.15, 0.2) is 0 Å². The molecule has 0 saturated heterocycles. The van der Waals surface area contributed by atoms with Gasteiger partial charge in [-0.05, 0) is 0 Å². The van der Waals surface area contributed by atoms with E-state index in [1.807, 2.05) is 0 Å². The Kier molecular flexibility index (Phi) is 5.66. The van der Waals surface area contributed by atoms with Gasteiger partial charge in [-0.2, -0.15) is 0 Å². The average molecular weight is 149 g/mol. The van der Waals surface area contributed by atoms with E-state index in [-0.39, 0.29) is 0 Å². The predicted molar refractivity (Wildman–Crippen MR) is 32.5 cm³/mol. The van der Waals surface area contributed by atoms with Gasteiger partial charge in [0.2, 0.25) is 0 Å². The van der Waals surface area contributed by atoms with Crippen LogP contribution >= 0.6 is 0 Å². The monoisotopic (exact) mass is 149 g/mol. The largest absolute Gasteiger partial charge is 0.419 e. The predicted octanol–water partition coefficient (Wildman–Crippen LogP) is -0.470. The lowest BCUT2D eigenvalue weighted by molar-refractivity contribution is 0.289. The summed E-state index contributed by atoms with van der Waals surface area (Å²) in [5.41, 5.74) is 0. The topological polar surface area (TPSA) is 27.7 Å². The highest BCUT2D eigenvalue weighted by molar-refractivity contribution is 7.02. The van der Waals surface area contributed by atoms with Crippen LogP contribution in [0.3, 0.4) is 0 Å². The fourth-order valence-electron chi connectivity index (χ4n) is 0.250. The van der Waals surface area contributed by atoms with Crippen molar-refractivity contribution in [2.24, 2.45) is 0 Å². The summed E-state index contributed by atoms with van der Waals surface area (Å²) in [4.78, 5) is 0. The minimum atomic E-state index is -1.07. The summed E-state index contributed by atoms with van der Waals surface area (Å²) in [6, 6.07) is 0. The van der Waals surface area contributed by atoms with Crippen LogP contribution in [-0.4, -0.2) is 39.4 Å². The molecule has 0 rings (SSSR count). The molecule has 0 fully saturated rings. The second-order valence-corrected chi connectivity index (χ2v) is 4.84. The summed E-state index contributed by atoms with van der Waals surface area (Å²) in [5, 5.41) is 0. The maximum Gasteiger partial charge on any atom is 0.392 e. The van der Waals surface area contributed by atoms with Crippen LogP contribution in [0.1, 0.15) is 0 Å². The lowest BCUT2D eigenvalue weighted by atomic mass is 11.8. The van der Waals surface area contributed by atoms with Gasteiger partial charge in [0, 0.05) is 21.3 Å². The van der Waals surface area contributed by atoms with Crippen LogP contribution in [0.15, 0.2) is 0 Å². The molecule has 3 nitrogen and oxygen atoms in total. The van der Waals surface area contributed by atoms with E-state index in [1.54, 1.807) is 21.3 Å². The molecule has 3 radical (unpaired) electrons. The van der Waals surface area contributed by atoms with Crippen molar-refractivity contribution in [2.75, 3.05) is 21.3 Å². The molecular weight excluding hydrogens is 140 g/mol. The lowest BCUT2D eigenvalue weighted by Crippen LogP contribution is -2.28. The number of hydrogen-bond donors (Lipinski definition) is 0. The van der Waals surface area contributed by atoms with E-state index < -0.39 is 8.80 Å². The fraction of sp³-hybridized carbons (Fsp3) is 1.00. The van der Waals surface area contributed by atoms with E-state index in [0.717, 1.165) is 0 Å². The van der Waals surface area contributed by atoms with Gasteiger partial charge in [-0.15, -0.1) is 0 Å². The van der Waals surface area contributed by atoms with E-state index in [0.29, 0.717) is 9.28 Å². The molecule has 0 atom stereocenters. The first-order chi connectivity index (χ1) is 3.85. The zero-order valence-electron chi connectivity index (χ0n) is 5.22. The number of rotatable bonds is 4. The van der Waals surface area contributed by atoms with Crippen molar-refractivity contribution in [1.82, 2.24) is 0 Å². The molecule has 0 N–H and O–H groups in total. The minimum absolute atomic E-state index is 0.363. The Hall–Kier alpha value is 0.314. The molecule has 0 bridgehead atoms. The minimum Gasteiger partial charge on any atom is -0.419 e. The van der Waals surface area contributed by atoms with Crippen molar-refractivity contribution >= 4 is 18.1 Å². The first-order valence-electron chi connectivity index (χ1n) is 2.09. The second-order valence-electron chi connectivity index (χ2n) is 1.00. The Balaban J connectivity index is 3.07. The van der Waals surface area contributed by atoms with Crippen LogP contribution in [0.4, 0.5) is 0 Å². The zero-order chi connectivity index (χ0) is 6.41. The van der Waals surface area contributed by atoms with Crippen LogP contribution in [0.2, 0.25) is 0 Å². The van der Waals surface area contributed by atoms with Crippen molar-refractivity contribution in [2.45, 2.75) is 0 Å². The van der Waals surface area contributed by atoms with Gasteiger partial charge in [-0.1, -0.05) is 0 Å². The van der Waals surface area contributed by atoms with E-state index in [9.17, 15) is 0 Å². The SMILES string of the molecule is CO[Si][Si](OC)OC. The Morgan fingerprint density at radius 2 is 1.62 bits per heavy atom. The average Bonchev–Trinajstić information content (AvgIpc) is 1.83. The zero-order valence-corrected chi connectivity index (χ0v) is 7.22. The van der Waals surface area contributed by atoms with E-state index in [1.165, 1.54) is 0 Å². The maximum absolute atomic E-state index is 4.91. The highest BCUT2D eigenvalue weighted by atomic mass is 29.2. The number of hydrogen-bond acceptors (Lipinski definition) is 3. The molecule has 0 amide bonds. The van der Waals surface area contributed by atoms with Crippen molar-refractivity contribution in [3.63, 3.8) is 0 Å². The molecule has 0 aromatic carbocycles. The van der Waals surface area contributed by atoms with Gasteiger partial charge < -0.3 is 13.3 Å². The van der Waals surface area contributed by atoms with Gasteiger partial charge in [0.05, 0.1) is 0 Å². The Morgan fingerprint density at radius 1 is 1.12 bits per heavy atom. The third kappa shape index (κ3) is 3.33. The maximum atomic E-state index is 4.91. The summed E-state index contributed by atoms with van der Waals surface area (Å²) >= 11 is 0. The van der Waals surface area contributed by atoms with Gasteiger partial charge in [-0.25, -0.2) is 0 Å². The smallest absolute Gasteiger partial charge is 0.392 e. The molecule has 47 valence electrons. The fourth-order valence-corrected chi connectivity index (χ4v) is 1.75. The molecule has 0 heterocycles. The van der Waals surface area contributed by atoms with Crippen molar-refractivity contribution in [3.8, 4) is 0 Å². The summed E-state index contributed by atoms with van der Waals surface area (Å²) in [7, 11) is 4.19. The molecule has 0 aromatic heterocycles. The van der Waals surface area contributed by atoms with E-state index in [2.05, 4.69) is 0 Å². The molecule has 5 heteroatoms. The van der Waals surface area contributed by atoms with Crippen LogP contribution in [0.25, 0.3) is 0 Å². The normalized spacial score (nSPS) is 10.5. The van der Waals surface area contributed by atoms with Gasteiger partial charge in [0.1, 0.15) is 0 Å². The van der Waals surface area contributed by atoms with E-state index >= 15 is 0 Å². The third-order valence-corrected chi connectivity index (χ3v) is 4.01. The van der Waals surface area contributed by atoms with Gasteiger partial charge in [0.25, 0.3) is 9.28 Å². The van der Waals surface area contributed by atoms with Crippen LogP contribution in [0.5, 0.6) is 0 Å². The standard InChI is InChI=1S/C3H9O3Si2/c1-4-7-8(5-2)6-3/h1-3H3. The van der Waals surface area contributed by atoms with Crippen molar-refractivity contribution in [1.29, 1.82) is 0 Å². The quantitative estimate of drug-likeness (QED) is 0.506. The van der Waals surface area contributed by atoms with Crippen molar-refractivity contribution < 1.29 is 13.3 Å². The molecule has 0 spiro atoms. The van der Waals surface area contributed by atoms with Crippen molar-refractivity contribution in [3.05, 3.63) is 0 Å². The summed E-state index contributed by atoms with van der Waals surface area (Å²) in [5.74, 6) is 0. The first kappa shape index (κ1) is 8.31. The molecular formula is C3H9O3Si2. The summed E-state index contributed by atoms with van der Waals surface area (Å²) in [6.45, 7) is 0. The molecule has 0 aliphatic heterocycles. The Morgan fingerprint density at radius 3 is 1.75 bits per heavy atom. The molecule has 0 aromatic rings. The molecule has 0 aliphatic rings. The second kappa shape index (κ2) is 5.45. The van der Waals surface area contributed by atoms with Crippen LogP contribution < -0.4 is 0 Å².